The molecule has 0 N–H and O–H groups in total. The summed E-state index contributed by atoms with van der Waals surface area (Å²) in [5.74, 6) is 0.975. The van der Waals surface area contributed by atoms with Crippen molar-refractivity contribution in [3.05, 3.63) is 29.8 Å². The van der Waals surface area contributed by atoms with E-state index >= 15 is 0 Å². The third-order valence-corrected chi connectivity index (χ3v) is 5.04. The minimum Gasteiger partial charge on any atom is -0.494 e. The molecule has 0 aromatic heterocycles. The molecule has 128 valence electrons. The number of piperazine rings is 1. The van der Waals surface area contributed by atoms with Crippen molar-refractivity contribution in [1.29, 1.82) is 0 Å². The smallest absolute Gasteiger partial charge is 0.119 e. The molecule has 4 heteroatoms. The second-order valence-corrected chi connectivity index (χ2v) is 6.74. The second kappa shape index (κ2) is 8.67. The molecule has 2 aliphatic rings. The van der Waals surface area contributed by atoms with Crippen LogP contribution in [-0.2, 0) is 6.54 Å². The lowest BCUT2D eigenvalue weighted by Gasteiger charge is -2.35. The van der Waals surface area contributed by atoms with Crippen molar-refractivity contribution in [2.75, 3.05) is 59.0 Å². The van der Waals surface area contributed by atoms with Crippen molar-refractivity contribution in [3.8, 4) is 5.75 Å². The summed E-state index contributed by atoms with van der Waals surface area (Å²) in [4.78, 5) is 7.82. The van der Waals surface area contributed by atoms with Gasteiger partial charge in [-0.1, -0.05) is 12.1 Å². The Hall–Kier alpha value is -1.10. The molecule has 3 rings (SSSR count). The molecule has 2 heterocycles. The fraction of sp³-hybridized carbons (Fsp3) is 0.684. The summed E-state index contributed by atoms with van der Waals surface area (Å²) < 4.78 is 5.51. The van der Waals surface area contributed by atoms with Gasteiger partial charge in [-0.15, -0.1) is 0 Å². The molecule has 0 unspecified atom stereocenters. The quantitative estimate of drug-likeness (QED) is 0.768. The molecule has 0 atom stereocenters. The summed E-state index contributed by atoms with van der Waals surface area (Å²) in [6.07, 6.45) is 2.80. The molecule has 0 spiro atoms. The number of hydrogen-bond donors (Lipinski definition) is 0. The molecule has 1 aromatic carbocycles. The molecule has 4 nitrogen and oxygen atoms in total. The standard InChI is InChI=1S/C19H31N3O/c1-2-23-19-7-5-18(6-8-19)17-22-15-13-21(14-16-22)12-11-20-9-3-4-10-20/h5-8H,2-4,9-17H2,1H3. The minimum absolute atomic E-state index is 0.735. The Bertz CT molecular complexity index is 448. The molecule has 0 saturated carbocycles. The van der Waals surface area contributed by atoms with Gasteiger partial charge in [0.2, 0.25) is 0 Å². The van der Waals surface area contributed by atoms with Crippen molar-refractivity contribution in [2.24, 2.45) is 0 Å². The zero-order valence-electron chi connectivity index (χ0n) is 14.5. The van der Waals surface area contributed by atoms with E-state index in [9.17, 15) is 0 Å². The fourth-order valence-corrected chi connectivity index (χ4v) is 3.58. The number of likely N-dealkylation sites (tertiary alicyclic amines) is 1. The van der Waals surface area contributed by atoms with Gasteiger partial charge >= 0.3 is 0 Å². The first-order chi connectivity index (χ1) is 11.3. The summed E-state index contributed by atoms with van der Waals surface area (Å²) in [5.41, 5.74) is 1.39. The normalized spacial score (nSPS) is 20.9. The third-order valence-electron chi connectivity index (χ3n) is 5.04. The van der Waals surface area contributed by atoms with Gasteiger partial charge in [-0.25, -0.2) is 0 Å². The maximum absolute atomic E-state index is 5.51. The van der Waals surface area contributed by atoms with Gasteiger partial charge in [-0.3, -0.25) is 9.80 Å². The van der Waals surface area contributed by atoms with Gasteiger partial charge in [-0.2, -0.15) is 0 Å². The highest BCUT2D eigenvalue weighted by Crippen LogP contribution is 2.15. The first-order valence-electron chi connectivity index (χ1n) is 9.22. The van der Waals surface area contributed by atoms with Gasteiger partial charge in [-0.05, 0) is 50.6 Å². The first kappa shape index (κ1) is 16.7. The monoisotopic (exact) mass is 317 g/mol. The van der Waals surface area contributed by atoms with Gasteiger partial charge in [0, 0.05) is 45.8 Å². The number of nitrogens with zero attached hydrogens (tertiary/aromatic N) is 3. The highest BCUT2D eigenvalue weighted by atomic mass is 16.5. The first-order valence-corrected chi connectivity index (χ1v) is 9.22. The molecule has 1 aromatic rings. The highest BCUT2D eigenvalue weighted by molar-refractivity contribution is 5.27. The number of rotatable bonds is 7. The van der Waals surface area contributed by atoms with E-state index in [-0.39, 0.29) is 0 Å². The van der Waals surface area contributed by atoms with Crippen molar-refractivity contribution in [2.45, 2.75) is 26.3 Å². The van der Waals surface area contributed by atoms with Crippen LogP contribution in [0.5, 0.6) is 5.75 Å². The molecule has 2 aliphatic heterocycles. The van der Waals surface area contributed by atoms with Crippen LogP contribution >= 0.6 is 0 Å². The SMILES string of the molecule is CCOc1ccc(CN2CCN(CCN3CCCC3)CC2)cc1. The van der Waals surface area contributed by atoms with E-state index in [0.717, 1.165) is 18.9 Å². The van der Waals surface area contributed by atoms with E-state index in [1.54, 1.807) is 0 Å². The van der Waals surface area contributed by atoms with E-state index in [1.807, 2.05) is 6.92 Å². The molecule has 0 bridgehead atoms. The van der Waals surface area contributed by atoms with Crippen LogP contribution in [0.1, 0.15) is 25.3 Å². The largest absolute Gasteiger partial charge is 0.494 e. The van der Waals surface area contributed by atoms with Crippen LogP contribution < -0.4 is 4.74 Å². The van der Waals surface area contributed by atoms with Crippen molar-refractivity contribution in [1.82, 2.24) is 14.7 Å². The average molecular weight is 317 g/mol. The Morgan fingerprint density at radius 2 is 1.35 bits per heavy atom. The van der Waals surface area contributed by atoms with Crippen LogP contribution in [0.15, 0.2) is 24.3 Å². The van der Waals surface area contributed by atoms with Gasteiger partial charge in [0.15, 0.2) is 0 Å². The summed E-state index contributed by atoms with van der Waals surface area (Å²) in [7, 11) is 0. The van der Waals surface area contributed by atoms with Crippen molar-refractivity contribution >= 4 is 0 Å². The summed E-state index contributed by atoms with van der Waals surface area (Å²) in [5, 5.41) is 0. The zero-order valence-corrected chi connectivity index (χ0v) is 14.5. The minimum atomic E-state index is 0.735. The van der Waals surface area contributed by atoms with Crippen molar-refractivity contribution < 1.29 is 4.74 Å². The highest BCUT2D eigenvalue weighted by Gasteiger charge is 2.18. The Morgan fingerprint density at radius 1 is 0.783 bits per heavy atom. The Morgan fingerprint density at radius 3 is 1.96 bits per heavy atom. The topological polar surface area (TPSA) is 19.0 Å². The van der Waals surface area contributed by atoms with Crippen LogP contribution in [-0.4, -0.2) is 73.7 Å². The Kier molecular flexibility index (Phi) is 6.31. The fourth-order valence-electron chi connectivity index (χ4n) is 3.58. The van der Waals surface area contributed by atoms with E-state index in [0.29, 0.717) is 0 Å². The second-order valence-electron chi connectivity index (χ2n) is 6.74. The van der Waals surface area contributed by atoms with Gasteiger partial charge in [0.1, 0.15) is 5.75 Å². The van der Waals surface area contributed by atoms with E-state index in [4.69, 9.17) is 4.74 Å². The molecular weight excluding hydrogens is 286 g/mol. The summed E-state index contributed by atoms with van der Waals surface area (Å²) in [6.45, 7) is 13.8. The summed E-state index contributed by atoms with van der Waals surface area (Å²) in [6, 6.07) is 8.58. The average Bonchev–Trinajstić information content (AvgIpc) is 3.10. The number of hydrogen-bond acceptors (Lipinski definition) is 4. The molecule has 0 aliphatic carbocycles. The third kappa shape index (κ3) is 5.20. The van der Waals surface area contributed by atoms with E-state index in [1.165, 1.54) is 70.8 Å². The van der Waals surface area contributed by atoms with Gasteiger partial charge in [0.05, 0.1) is 6.61 Å². The number of benzene rings is 1. The van der Waals surface area contributed by atoms with Gasteiger partial charge in [0.25, 0.3) is 0 Å². The van der Waals surface area contributed by atoms with Crippen LogP contribution in [0, 0.1) is 0 Å². The maximum atomic E-state index is 5.51. The van der Waals surface area contributed by atoms with Crippen LogP contribution in [0.4, 0.5) is 0 Å². The van der Waals surface area contributed by atoms with Crippen molar-refractivity contribution in [3.63, 3.8) is 0 Å². The molecule has 2 saturated heterocycles. The zero-order chi connectivity index (χ0) is 15.9. The molecule has 2 fully saturated rings. The molecule has 0 amide bonds. The van der Waals surface area contributed by atoms with Crippen LogP contribution in [0.25, 0.3) is 0 Å². The van der Waals surface area contributed by atoms with Crippen LogP contribution in [0.2, 0.25) is 0 Å². The molecule has 0 radical (unpaired) electrons. The van der Waals surface area contributed by atoms with E-state index < -0.39 is 0 Å². The van der Waals surface area contributed by atoms with E-state index in [2.05, 4.69) is 39.0 Å². The molecular formula is C19H31N3O. The predicted molar refractivity (Wildman–Crippen MR) is 95.0 cm³/mol. The molecule has 23 heavy (non-hydrogen) atoms. The van der Waals surface area contributed by atoms with Crippen LogP contribution in [0.3, 0.4) is 0 Å². The lowest BCUT2D eigenvalue weighted by molar-refractivity contribution is 0.117. The lowest BCUT2D eigenvalue weighted by Crippen LogP contribution is -2.47. The summed E-state index contributed by atoms with van der Waals surface area (Å²) >= 11 is 0. The Balaban J connectivity index is 1.36. The predicted octanol–water partition coefficient (Wildman–Crippen LogP) is 2.30. The Labute approximate surface area is 141 Å². The van der Waals surface area contributed by atoms with Gasteiger partial charge < -0.3 is 9.64 Å². The number of ether oxygens (including phenoxy) is 1. The lowest BCUT2D eigenvalue weighted by atomic mass is 10.2. The maximum Gasteiger partial charge on any atom is 0.119 e.